The molecule has 1 fully saturated rings. The van der Waals surface area contributed by atoms with Gasteiger partial charge in [0.25, 0.3) is 11.1 Å². The summed E-state index contributed by atoms with van der Waals surface area (Å²) >= 11 is 6.11. The minimum absolute atomic E-state index is 0.0411. The zero-order chi connectivity index (χ0) is 25.7. The summed E-state index contributed by atoms with van der Waals surface area (Å²) in [6.07, 6.45) is 1.67. The molecule has 36 heavy (non-hydrogen) atoms. The number of carbonyl (C=O) groups is 3. The second-order valence-electron chi connectivity index (χ2n) is 7.72. The van der Waals surface area contributed by atoms with Crippen LogP contribution in [-0.2, 0) is 16.1 Å². The minimum atomic E-state index is -0.447. The van der Waals surface area contributed by atoms with Gasteiger partial charge in [-0.1, -0.05) is 12.1 Å². The maximum Gasteiger partial charge on any atom is 0.293 e. The van der Waals surface area contributed by atoms with E-state index < -0.39 is 11.1 Å². The Morgan fingerprint density at radius 1 is 1.17 bits per heavy atom. The first-order chi connectivity index (χ1) is 17.4. The molecule has 9 nitrogen and oxygen atoms in total. The highest BCUT2D eigenvalue weighted by Gasteiger charge is 2.34. The molecule has 1 saturated heterocycles. The molecule has 1 aliphatic heterocycles. The Kier molecular flexibility index (Phi) is 7.96. The van der Waals surface area contributed by atoms with Crippen LogP contribution in [0.4, 0.5) is 9.18 Å². The molecule has 0 spiro atoms. The van der Waals surface area contributed by atoms with Crippen molar-refractivity contribution in [1.29, 1.82) is 0 Å². The lowest BCUT2D eigenvalue weighted by Gasteiger charge is -2.13. The van der Waals surface area contributed by atoms with Gasteiger partial charge >= 0.3 is 0 Å². The number of nitrogens with one attached hydrogen (secondary N) is 2. The van der Waals surface area contributed by atoms with Crippen LogP contribution in [0.15, 0.2) is 53.4 Å². The number of halogens is 1. The summed E-state index contributed by atoms with van der Waals surface area (Å²) in [5.41, 5.74) is 1.43. The molecule has 1 aromatic heterocycles. The van der Waals surface area contributed by atoms with E-state index in [1.807, 2.05) is 24.3 Å². The molecule has 0 atom stereocenters. The largest absolute Gasteiger partial charge is 0.497 e. The van der Waals surface area contributed by atoms with Crippen LogP contribution >= 0.6 is 24.0 Å². The number of aromatic amines is 1. The second kappa shape index (κ2) is 11.3. The average Bonchev–Trinajstić information content (AvgIpc) is 3.37. The summed E-state index contributed by atoms with van der Waals surface area (Å²) in [5.74, 6) is 0.222. The van der Waals surface area contributed by atoms with Crippen LogP contribution in [0.3, 0.4) is 0 Å². The van der Waals surface area contributed by atoms with Gasteiger partial charge in [-0.15, -0.1) is 0 Å². The number of nitrogens with zero attached hydrogens (tertiary/aromatic N) is 3. The van der Waals surface area contributed by atoms with Crippen molar-refractivity contribution in [3.63, 3.8) is 0 Å². The van der Waals surface area contributed by atoms with Crippen LogP contribution in [0.5, 0.6) is 5.75 Å². The fourth-order valence-corrected chi connectivity index (χ4v) is 4.59. The zero-order valence-electron chi connectivity index (χ0n) is 19.2. The number of hydrogen-bond acceptors (Lipinski definition) is 7. The van der Waals surface area contributed by atoms with E-state index in [1.165, 1.54) is 30.3 Å². The highest BCUT2D eigenvalue weighted by atomic mass is 32.2. The number of methoxy groups -OCH3 is 1. The lowest BCUT2D eigenvalue weighted by Crippen LogP contribution is -2.37. The van der Waals surface area contributed by atoms with Crippen molar-refractivity contribution in [2.45, 2.75) is 13.0 Å². The number of carbonyl (C=O) groups excluding carboxylic acids is 3. The van der Waals surface area contributed by atoms with Gasteiger partial charge in [-0.2, -0.15) is 5.10 Å². The van der Waals surface area contributed by atoms with Crippen molar-refractivity contribution >= 4 is 47.1 Å². The normalized spacial score (nSPS) is 14.5. The van der Waals surface area contributed by atoms with Gasteiger partial charge in [-0.25, -0.2) is 4.39 Å². The summed E-state index contributed by atoms with van der Waals surface area (Å²) < 4.78 is 20.4. The lowest BCUT2D eigenvalue weighted by atomic mass is 10.2. The molecule has 2 heterocycles. The number of hydrogen-bond donors (Lipinski definition) is 2. The first-order valence-corrected chi connectivity index (χ1v) is 12.2. The number of aromatic nitrogens is 3. The van der Waals surface area contributed by atoms with Crippen molar-refractivity contribution in [3.05, 3.63) is 69.6 Å². The average molecular weight is 528 g/mol. The third kappa shape index (κ3) is 5.89. The Morgan fingerprint density at radius 3 is 2.58 bits per heavy atom. The van der Waals surface area contributed by atoms with Crippen LogP contribution < -0.4 is 10.1 Å². The summed E-state index contributed by atoms with van der Waals surface area (Å²) in [6.45, 7) is 0.451. The van der Waals surface area contributed by atoms with Crippen molar-refractivity contribution < 1.29 is 23.5 Å². The fraction of sp³-hybridized carbons (Fsp3) is 0.208. The monoisotopic (exact) mass is 527 g/mol. The Morgan fingerprint density at radius 2 is 1.89 bits per heavy atom. The number of thioether (sulfide) groups is 1. The van der Waals surface area contributed by atoms with Gasteiger partial charge in [0.05, 0.1) is 12.0 Å². The van der Waals surface area contributed by atoms with E-state index in [1.54, 1.807) is 11.7 Å². The van der Waals surface area contributed by atoms with Gasteiger partial charge in [0.15, 0.2) is 10.6 Å². The highest BCUT2D eigenvalue weighted by Crippen LogP contribution is 2.31. The molecule has 0 radical (unpaired) electrons. The number of ether oxygens (including phenoxy) is 1. The molecule has 4 rings (SSSR count). The molecule has 2 aromatic carbocycles. The van der Waals surface area contributed by atoms with E-state index in [2.05, 4.69) is 15.5 Å². The molecular weight excluding hydrogens is 505 g/mol. The van der Waals surface area contributed by atoms with Gasteiger partial charge in [-0.3, -0.25) is 28.9 Å². The molecule has 3 amide bonds. The van der Waals surface area contributed by atoms with E-state index in [0.717, 1.165) is 22.2 Å². The zero-order valence-corrected chi connectivity index (χ0v) is 20.8. The molecule has 0 bridgehead atoms. The van der Waals surface area contributed by atoms with Crippen LogP contribution in [0.25, 0.3) is 17.5 Å². The van der Waals surface area contributed by atoms with Crippen LogP contribution in [0, 0.1) is 10.6 Å². The Balaban J connectivity index is 1.29. The van der Waals surface area contributed by atoms with Crippen LogP contribution in [-0.4, -0.2) is 56.9 Å². The third-order valence-corrected chi connectivity index (χ3v) is 6.59. The van der Waals surface area contributed by atoms with Crippen LogP contribution in [0.1, 0.15) is 12.0 Å². The first kappa shape index (κ1) is 25.3. The fourth-order valence-electron chi connectivity index (χ4n) is 3.50. The SMILES string of the molecule is COc1ccc(-c2n[nH]c(=S)n2CCC(=O)NCCN2C(=O)S/C(=C\c3ccc(F)cc3)C2=O)cc1. The van der Waals surface area contributed by atoms with Gasteiger partial charge < -0.3 is 10.1 Å². The molecule has 1 aliphatic rings. The number of imide groups is 1. The lowest BCUT2D eigenvalue weighted by molar-refractivity contribution is -0.124. The maximum atomic E-state index is 13.1. The van der Waals surface area contributed by atoms with Crippen LogP contribution in [0.2, 0.25) is 0 Å². The predicted octanol–water partition coefficient (Wildman–Crippen LogP) is 4.00. The Labute approximate surface area is 215 Å². The quantitative estimate of drug-likeness (QED) is 0.320. The number of H-pyrrole nitrogens is 1. The number of amides is 3. The van der Waals surface area contributed by atoms with Crippen molar-refractivity contribution in [2.75, 3.05) is 20.2 Å². The Hall–Kier alpha value is -3.77. The van der Waals surface area contributed by atoms with E-state index in [-0.39, 0.29) is 36.1 Å². The maximum absolute atomic E-state index is 13.1. The molecule has 2 N–H and O–H groups in total. The Bertz CT molecular complexity index is 1370. The first-order valence-electron chi connectivity index (χ1n) is 10.9. The topological polar surface area (TPSA) is 109 Å². The van der Waals surface area contributed by atoms with E-state index >= 15 is 0 Å². The molecule has 12 heteroatoms. The van der Waals surface area contributed by atoms with Crippen molar-refractivity contribution in [1.82, 2.24) is 25.0 Å². The number of rotatable bonds is 9. The van der Waals surface area contributed by atoms with Crippen molar-refractivity contribution in [2.24, 2.45) is 0 Å². The molecule has 186 valence electrons. The van der Waals surface area contributed by atoms with E-state index in [9.17, 15) is 18.8 Å². The summed E-state index contributed by atoms with van der Waals surface area (Å²) in [5, 5.41) is 9.31. The summed E-state index contributed by atoms with van der Waals surface area (Å²) in [4.78, 5) is 38.6. The van der Waals surface area contributed by atoms with E-state index in [0.29, 0.717) is 28.5 Å². The minimum Gasteiger partial charge on any atom is -0.497 e. The second-order valence-corrected chi connectivity index (χ2v) is 9.10. The van der Waals surface area contributed by atoms with Gasteiger partial charge in [0, 0.05) is 31.6 Å². The molecule has 0 unspecified atom stereocenters. The molecule has 0 saturated carbocycles. The van der Waals surface area contributed by atoms with E-state index in [4.69, 9.17) is 17.0 Å². The van der Waals surface area contributed by atoms with Gasteiger partial charge in [0.1, 0.15) is 11.6 Å². The molecular formula is C24H22FN5O4S2. The van der Waals surface area contributed by atoms with Crippen molar-refractivity contribution in [3.8, 4) is 17.1 Å². The predicted molar refractivity (Wildman–Crippen MR) is 136 cm³/mol. The highest BCUT2D eigenvalue weighted by molar-refractivity contribution is 8.18. The third-order valence-electron chi connectivity index (χ3n) is 5.37. The molecule has 0 aliphatic carbocycles. The van der Waals surface area contributed by atoms with Gasteiger partial charge in [0.2, 0.25) is 5.91 Å². The summed E-state index contributed by atoms with van der Waals surface area (Å²) in [6, 6.07) is 12.9. The smallest absolute Gasteiger partial charge is 0.293 e. The number of benzene rings is 2. The van der Waals surface area contributed by atoms with Gasteiger partial charge in [-0.05, 0) is 72.0 Å². The molecule has 3 aromatic rings. The standard InChI is InChI=1S/C24H22FN5O4S2/c1-34-18-8-4-16(5-9-18)21-27-28-23(35)29(21)12-10-20(31)26-11-13-30-22(32)19(36-24(30)33)14-15-2-6-17(25)7-3-15/h2-9,14H,10-13H2,1H3,(H,26,31)(H,28,35)/b19-14-. The summed E-state index contributed by atoms with van der Waals surface area (Å²) in [7, 11) is 1.58.